The summed E-state index contributed by atoms with van der Waals surface area (Å²) in [6.07, 6.45) is 2.67. The lowest BCUT2D eigenvalue weighted by Crippen LogP contribution is -2.48. The Morgan fingerprint density at radius 1 is 1.06 bits per heavy atom. The van der Waals surface area contributed by atoms with Crippen molar-refractivity contribution >= 4 is 17.5 Å². The number of hydrogen-bond donors (Lipinski definition) is 0. The first-order valence-corrected chi connectivity index (χ1v) is 11.2. The largest absolute Gasteiger partial charge is 0.489 e. The van der Waals surface area contributed by atoms with Crippen LogP contribution in [-0.4, -0.2) is 91.0 Å². The van der Waals surface area contributed by atoms with Crippen LogP contribution >= 0.6 is 0 Å². The van der Waals surface area contributed by atoms with Gasteiger partial charge in [0.25, 0.3) is 0 Å². The summed E-state index contributed by atoms with van der Waals surface area (Å²) < 4.78 is 6.16. The van der Waals surface area contributed by atoms with E-state index in [-0.39, 0.29) is 24.0 Å². The maximum absolute atomic E-state index is 12.5. The SMILES string of the molecule is CC(=O)N1CCN(c2ccc(O[C@H]3CCN(CC(=O)N4CCC[C@H]4C#N)C3)cc2)CC1. The van der Waals surface area contributed by atoms with E-state index in [2.05, 4.69) is 28.0 Å². The Hall–Kier alpha value is -2.79. The summed E-state index contributed by atoms with van der Waals surface area (Å²) in [7, 11) is 0. The van der Waals surface area contributed by atoms with Crippen molar-refractivity contribution in [2.24, 2.45) is 0 Å². The predicted molar refractivity (Wildman–Crippen MR) is 117 cm³/mol. The molecule has 4 rings (SSSR count). The van der Waals surface area contributed by atoms with Gasteiger partial charge in [0.05, 0.1) is 12.6 Å². The predicted octanol–water partition coefficient (Wildman–Crippen LogP) is 1.32. The Morgan fingerprint density at radius 2 is 1.81 bits per heavy atom. The summed E-state index contributed by atoms with van der Waals surface area (Å²) in [5.74, 6) is 1.04. The highest BCUT2D eigenvalue weighted by molar-refractivity contribution is 5.79. The molecule has 3 fully saturated rings. The standard InChI is InChI=1S/C23H31N5O3/c1-18(29)26-11-13-27(14-12-26)19-4-6-21(7-5-19)31-22-8-10-25(16-22)17-23(30)28-9-2-3-20(28)15-24/h4-7,20,22H,2-3,8-14,16-17H2,1H3/t20-,22-/m0/s1. The van der Waals surface area contributed by atoms with Crippen molar-refractivity contribution < 1.29 is 14.3 Å². The van der Waals surface area contributed by atoms with Gasteiger partial charge in [0.1, 0.15) is 17.9 Å². The second-order valence-corrected chi connectivity index (χ2v) is 8.62. The highest BCUT2D eigenvalue weighted by atomic mass is 16.5. The zero-order valence-electron chi connectivity index (χ0n) is 18.2. The molecule has 1 aromatic rings. The first-order valence-electron chi connectivity index (χ1n) is 11.2. The molecule has 0 radical (unpaired) electrons. The van der Waals surface area contributed by atoms with E-state index >= 15 is 0 Å². The summed E-state index contributed by atoms with van der Waals surface area (Å²) in [4.78, 5) is 32.1. The van der Waals surface area contributed by atoms with E-state index in [0.29, 0.717) is 13.1 Å². The molecular weight excluding hydrogens is 394 g/mol. The molecule has 2 atom stereocenters. The molecule has 166 valence electrons. The Labute approximate surface area is 183 Å². The van der Waals surface area contributed by atoms with Crippen LogP contribution in [0.5, 0.6) is 5.75 Å². The van der Waals surface area contributed by atoms with Crippen molar-refractivity contribution in [3.05, 3.63) is 24.3 Å². The topological polar surface area (TPSA) is 80.1 Å². The van der Waals surface area contributed by atoms with Crippen molar-refractivity contribution in [2.45, 2.75) is 38.3 Å². The number of carbonyl (C=O) groups is 2. The highest BCUT2D eigenvalue weighted by Gasteiger charge is 2.32. The average Bonchev–Trinajstić information content (AvgIpc) is 3.43. The Morgan fingerprint density at radius 3 is 2.48 bits per heavy atom. The van der Waals surface area contributed by atoms with Gasteiger partial charge in [0.15, 0.2) is 0 Å². The van der Waals surface area contributed by atoms with Gasteiger partial charge in [-0.05, 0) is 43.5 Å². The second-order valence-electron chi connectivity index (χ2n) is 8.62. The number of amides is 2. The van der Waals surface area contributed by atoms with Crippen LogP contribution < -0.4 is 9.64 Å². The number of anilines is 1. The van der Waals surface area contributed by atoms with Crippen molar-refractivity contribution in [3.8, 4) is 11.8 Å². The van der Waals surface area contributed by atoms with Gasteiger partial charge < -0.3 is 19.4 Å². The number of hydrogen-bond acceptors (Lipinski definition) is 6. The molecule has 1 aromatic carbocycles. The van der Waals surface area contributed by atoms with Gasteiger partial charge in [-0.3, -0.25) is 14.5 Å². The van der Waals surface area contributed by atoms with Gasteiger partial charge in [-0.1, -0.05) is 0 Å². The summed E-state index contributed by atoms with van der Waals surface area (Å²) >= 11 is 0. The van der Waals surface area contributed by atoms with E-state index in [4.69, 9.17) is 4.74 Å². The number of likely N-dealkylation sites (tertiary alicyclic amines) is 2. The quantitative estimate of drug-likeness (QED) is 0.708. The summed E-state index contributed by atoms with van der Waals surface area (Å²) in [6.45, 7) is 7.45. The Bertz CT molecular complexity index is 829. The summed E-state index contributed by atoms with van der Waals surface area (Å²) in [6, 6.07) is 10.1. The second kappa shape index (κ2) is 9.56. The van der Waals surface area contributed by atoms with E-state index in [1.54, 1.807) is 11.8 Å². The van der Waals surface area contributed by atoms with Crippen molar-refractivity contribution in [1.29, 1.82) is 5.26 Å². The van der Waals surface area contributed by atoms with Crippen molar-refractivity contribution in [3.63, 3.8) is 0 Å². The maximum Gasteiger partial charge on any atom is 0.237 e. The van der Waals surface area contributed by atoms with Gasteiger partial charge in [-0.25, -0.2) is 0 Å². The zero-order valence-corrected chi connectivity index (χ0v) is 18.2. The minimum atomic E-state index is -0.258. The number of nitrogens with zero attached hydrogens (tertiary/aromatic N) is 5. The summed E-state index contributed by atoms with van der Waals surface area (Å²) in [5, 5.41) is 9.19. The van der Waals surface area contributed by atoms with Crippen LogP contribution in [0.3, 0.4) is 0 Å². The van der Waals surface area contributed by atoms with Crippen LogP contribution in [-0.2, 0) is 9.59 Å². The fourth-order valence-electron chi connectivity index (χ4n) is 4.73. The molecule has 0 aromatic heterocycles. The lowest BCUT2D eigenvalue weighted by atomic mass is 10.2. The van der Waals surface area contributed by atoms with Crippen LogP contribution in [0.15, 0.2) is 24.3 Å². The van der Waals surface area contributed by atoms with E-state index in [1.165, 1.54) is 0 Å². The van der Waals surface area contributed by atoms with Crippen LogP contribution in [0.4, 0.5) is 5.69 Å². The lowest BCUT2D eigenvalue weighted by molar-refractivity contribution is -0.132. The highest BCUT2D eigenvalue weighted by Crippen LogP contribution is 2.24. The van der Waals surface area contributed by atoms with Crippen molar-refractivity contribution in [1.82, 2.24) is 14.7 Å². The number of carbonyl (C=O) groups excluding carboxylic acids is 2. The van der Waals surface area contributed by atoms with Crippen LogP contribution in [0.1, 0.15) is 26.2 Å². The molecule has 3 aliphatic heterocycles. The molecule has 3 saturated heterocycles. The smallest absolute Gasteiger partial charge is 0.237 e. The Balaban J connectivity index is 1.24. The normalized spacial score (nSPS) is 24.3. The van der Waals surface area contributed by atoms with Gasteiger partial charge >= 0.3 is 0 Å². The van der Waals surface area contributed by atoms with Gasteiger partial charge in [-0.2, -0.15) is 5.26 Å². The molecule has 0 spiro atoms. The molecule has 8 nitrogen and oxygen atoms in total. The van der Waals surface area contributed by atoms with Crippen molar-refractivity contribution in [2.75, 3.05) is 57.3 Å². The fourth-order valence-corrected chi connectivity index (χ4v) is 4.73. The molecule has 8 heteroatoms. The molecule has 0 bridgehead atoms. The monoisotopic (exact) mass is 425 g/mol. The van der Waals surface area contributed by atoms with Gasteiger partial charge in [-0.15, -0.1) is 0 Å². The molecular formula is C23H31N5O3. The number of benzene rings is 1. The molecule has 3 heterocycles. The molecule has 0 unspecified atom stereocenters. The number of rotatable bonds is 5. The number of ether oxygens (including phenoxy) is 1. The zero-order chi connectivity index (χ0) is 21.8. The fraction of sp³-hybridized carbons (Fsp3) is 0.609. The van der Waals surface area contributed by atoms with E-state index in [1.807, 2.05) is 17.0 Å². The average molecular weight is 426 g/mol. The lowest BCUT2D eigenvalue weighted by Gasteiger charge is -2.35. The third-order valence-electron chi connectivity index (χ3n) is 6.54. The first-order chi connectivity index (χ1) is 15.0. The van der Waals surface area contributed by atoms with Crippen LogP contribution in [0, 0.1) is 11.3 Å². The first kappa shape index (κ1) is 21.4. The molecule has 0 N–H and O–H groups in total. The Kier molecular flexibility index (Phi) is 6.62. The molecule has 0 saturated carbocycles. The minimum Gasteiger partial charge on any atom is -0.489 e. The number of nitriles is 1. The molecule has 31 heavy (non-hydrogen) atoms. The van der Waals surface area contributed by atoms with E-state index in [9.17, 15) is 14.9 Å². The van der Waals surface area contributed by atoms with Gasteiger partial charge in [0, 0.05) is 58.4 Å². The van der Waals surface area contributed by atoms with E-state index < -0.39 is 0 Å². The van der Waals surface area contributed by atoms with Crippen LogP contribution in [0.2, 0.25) is 0 Å². The summed E-state index contributed by atoms with van der Waals surface area (Å²) in [5.41, 5.74) is 1.15. The molecule has 3 aliphatic rings. The molecule has 0 aliphatic carbocycles. The minimum absolute atomic E-state index is 0.0546. The third kappa shape index (κ3) is 5.10. The third-order valence-corrected chi connectivity index (χ3v) is 6.54. The number of piperazine rings is 1. The van der Waals surface area contributed by atoms with Crippen LogP contribution in [0.25, 0.3) is 0 Å². The van der Waals surface area contributed by atoms with Gasteiger partial charge in [0.2, 0.25) is 11.8 Å². The molecule has 2 amide bonds. The maximum atomic E-state index is 12.5. The van der Waals surface area contributed by atoms with E-state index in [0.717, 1.165) is 70.0 Å².